The quantitative estimate of drug-likeness (QED) is 0.113. The maximum absolute atomic E-state index is 2.75. The maximum atomic E-state index is 2.75. The topological polar surface area (TPSA) is 16.3 Å². The minimum absolute atomic E-state index is 0.222. The van der Waals surface area contributed by atoms with Crippen LogP contribution in [0, 0.1) is 0 Å². The first-order chi connectivity index (χ1) is 57.9. The lowest BCUT2D eigenvalue weighted by molar-refractivity contribution is 0.590. The summed E-state index contributed by atoms with van der Waals surface area (Å²) in [4.78, 5) is 5.49. The fraction of sp³-hybridized carbons (Fsp3) is 0.105. The van der Waals surface area contributed by atoms with Gasteiger partial charge in [0.2, 0.25) is 0 Å². The van der Waals surface area contributed by atoms with E-state index >= 15 is 0 Å². The largest absolute Gasteiger partial charge is 0.310 e. The normalized spacial score (nSPS) is 12.7. The van der Waals surface area contributed by atoms with E-state index in [2.05, 4.69) is 469 Å². The first-order valence-corrected chi connectivity index (χ1v) is 42.0. The lowest BCUT2D eigenvalue weighted by Crippen LogP contribution is -2.61. The molecule has 0 atom stereocenters. The molecule has 0 amide bonds. The van der Waals surface area contributed by atoms with Crippen LogP contribution in [0.3, 0.4) is 0 Å². The van der Waals surface area contributed by atoms with Crippen molar-refractivity contribution in [2.24, 2.45) is 0 Å². The number of nitrogens with zero attached hydrogens (tertiary/aromatic N) is 4. The highest BCUT2D eigenvalue weighted by molar-refractivity contribution is 7.00. The second-order valence-electron chi connectivity index (χ2n) is 35.6. The minimum atomic E-state index is -0.371. The van der Waals surface area contributed by atoms with Crippen molar-refractivity contribution in [2.45, 2.75) is 78.6 Å². The van der Waals surface area contributed by atoms with Crippen molar-refractivity contribution in [1.29, 1.82) is 0 Å². The maximum Gasteiger partial charge on any atom is 0.252 e. The molecule has 4 heterocycles. The van der Waals surface area contributed by atoms with Crippen LogP contribution in [-0.4, -0.2) is 15.8 Å². The van der Waals surface area contributed by atoms with Crippen molar-refractivity contribution in [3.8, 4) is 100 Å². The van der Waals surface area contributed by atoms with Gasteiger partial charge in [0.1, 0.15) is 0 Å². The number of fused-ring (bicyclic) bond motifs is 10. The molecule has 2 aromatic heterocycles. The van der Waals surface area contributed by atoms with Crippen molar-refractivity contribution in [1.82, 2.24) is 9.13 Å². The van der Waals surface area contributed by atoms with E-state index in [9.17, 15) is 0 Å². The van der Waals surface area contributed by atoms with E-state index in [1.807, 2.05) is 0 Å². The Bertz CT molecular complexity index is 6430. The van der Waals surface area contributed by atoms with E-state index in [1.54, 1.807) is 0 Å². The number of benzene rings is 17. The van der Waals surface area contributed by atoms with Gasteiger partial charge in [0.15, 0.2) is 0 Å². The molecule has 17 aromatic carbocycles. The predicted octanol–water partition coefficient (Wildman–Crippen LogP) is 29.2. The van der Waals surface area contributed by atoms with Gasteiger partial charge in [0.05, 0.1) is 33.4 Å². The standard InChI is InChI=1S/C114H91BN4/c1-112(2,3)86-66-91(78-42-26-14-27-43-78)110(92(67-86)79-44-28-15-29-45-79)118-105-72-89(116-101-58-50-82(74-34-18-10-19-35-74)62-95(101)96-63-83(51-59-102(96)116)75-36-20-11-21-37-75)54-56-99(105)115-100-57-55-90(117-103-60-52-84(76-38-22-12-23-39-76)64-97(103)98-65-85(53-61-104(98)117)77-40-24-13-25-41-77)73-106(100)119(108-71-88(114(7,8)9)70-107(118)109(108)115)111-93(80-46-30-16-31-47-80)68-87(113(4,5)6)69-94(111)81-48-32-17-33-49-81/h10-73H,1-9H3. The van der Waals surface area contributed by atoms with E-state index in [0.29, 0.717) is 0 Å². The highest BCUT2D eigenvalue weighted by atomic mass is 15.2. The van der Waals surface area contributed by atoms with Gasteiger partial charge in [-0.15, -0.1) is 0 Å². The zero-order valence-corrected chi connectivity index (χ0v) is 68.8. The molecule has 570 valence electrons. The van der Waals surface area contributed by atoms with E-state index in [4.69, 9.17) is 0 Å². The number of hydrogen-bond acceptors (Lipinski definition) is 2. The molecule has 0 unspecified atom stereocenters. The Balaban J connectivity index is 0.919. The SMILES string of the molecule is CC(C)(C)c1cc(-c2ccccc2)c(N2c3cc(-n4c5ccc(-c6ccccc6)cc5c5cc(-c6ccccc6)ccc54)ccc3B3c4ccc(-n5c6ccc(-c7ccccc7)cc6c6cc(-c7ccccc7)ccc65)cc4N(c4c(-c5ccccc5)cc(C(C)(C)C)cc4-c4ccccc4)c4cc(C(C)(C)C)cc2c43)c(-c2ccccc2)c1. The van der Waals surface area contributed by atoms with E-state index < -0.39 is 0 Å². The zero-order valence-electron chi connectivity index (χ0n) is 68.8. The van der Waals surface area contributed by atoms with Gasteiger partial charge >= 0.3 is 0 Å². The van der Waals surface area contributed by atoms with Crippen molar-refractivity contribution < 1.29 is 0 Å². The summed E-state index contributed by atoms with van der Waals surface area (Å²) in [5.41, 5.74) is 38.7. The Hall–Kier alpha value is -14.0. The minimum Gasteiger partial charge on any atom is -0.310 e. The van der Waals surface area contributed by atoms with Crippen molar-refractivity contribution in [3.63, 3.8) is 0 Å². The summed E-state index contributed by atoms with van der Waals surface area (Å²) in [5.74, 6) is 0. The summed E-state index contributed by atoms with van der Waals surface area (Å²) in [6.45, 7) is 21.1. The van der Waals surface area contributed by atoms with Crippen LogP contribution in [0.5, 0.6) is 0 Å². The third-order valence-electron chi connectivity index (χ3n) is 25.1. The molecule has 0 fully saturated rings. The summed E-state index contributed by atoms with van der Waals surface area (Å²) in [5, 5.41) is 4.79. The van der Waals surface area contributed by atoms with Gasteiger partial charge in [-0.2, -0.15) is 0 Å². The number of aromatic nitrogens is 2. The smallest absolute Gasteiger partial charge is 0.252 e. The first kappa shape index (κ1) is 72.7. The summed E-state index contributed by atoms with van der Waals surface area (Å²) >= 11 is 0. The fourth-order valence-electron chi connectivity index (χ4n) is 19.0. The fourth-order valence-corrected chi connectivity index (χ4v) is 19.0. The van der Waals surface area contributed by atoms with E-state index in [-0.39, 0.29) is 23.0 Å². The Labute approximate surface area is 699 Å². The Morgan fingerprint density at radius 1 is 0.202 bits per heavy atom. The summed E-state index contributed by atoms with van der Waals surface area (Å²) < 4.78 is 5.10. The van der Waals surface area contributed by atoms with Crippen LogP contribution >= 0.6 is 0 Å². The molecule has 0 aliphatic carbocycles. The Kier molecular flexibility index (Phi) is 17.4. The monoisotopic (exact) mass is 1530 g/mol. The Morgan fingerprint density at radius 3 is 0.681 bits per heavy atom. The molecule has 0 bridgehead atoms. The van der Waals surface area contributed by atoms with Crippen molar-refractivity contribution in [2.75, 3.05) is 9.80 Å². The second-order valence-corrected chi connectivity index (χ2v) is 35.6. The molecule has 21 rings (SSSR count). The second kappa shape index (κ2) is 28.4. The molecule has 0 saturated carbocycles. The molecular weight excluding hydrogens is 1440 g/mol. The molecule has 119 heavy (non-hydrogen) atoms. The summed E-state index contributed by atoms with van der Waals surface area (Å²) in [7, 11) is 0. The van der Waals surface area contributed by atoms with Crippen LogP contribution in [0.1, 0.15) is 79.0 Å². The number of hydrogen-bond donors (Lipinski definition) is 0. The molecular formula is C114H91BN4. The van der Waals surface area contributed by atoms with E-state index in [1.165, 1.54) is 99.1 Å². The van der Waals surface area contributed by atoms with Crippen LogP contribution in [0.25, 0.3) is 144 Å². The average Bonchev–Trinajstić information content (AvgIpc) is 0.987. The molecule has 5 heteroatoms. The van der Waals surface area contributed by atoms with Gasteiger partial charge in [-0.05, 0) is 225 Å². The van der Waals surface area contributed by atoms with Crippen LogP contribution < -0.4 is 26.2 Å². The highest BCUT2D eigenvalue weighted by Gasteiger charge is 2.47. The molecule has 19 aromatic rings. The van der Waals surface area contributed by atoms with Gasteiger partial charge in [-0.25, -0.2) is 0 Å². The number of anilines is 6. The molecule has 2 aliphatic rings. The summed E-state index contributed by atoms with van der Waals surface area (Å²) in [6.07, 6.45) is 0. The molecule has 2 aliphatic heterocycles. The third-order valence-corrected chi connectivity index (χ3v) is 25.1. The molecule has 4 nitrogen and oxygen atoms in total. The van der Waals surface area contributed by atoms with Gasteiger partial charge < -0.3 is 18.9 Å². The van der Waals surface area contributed by atoms with Gasteiger partial charge in [0, 0.05) is 77.9 Å². The van der Waals surface area contributed by atoms with Crippen LogP contribution in [0.2, 0.25) is 0 Å². The predicted molar refractivity (Wildman–Crippen MR) is 509 cm³/mol. The zero-order chi connectivity index (χ0) is 80.6. The molecule has 0 N–H and O–H groups in total. The average molecular weight is 1530 g/mol. The van der Waals surface area contributed by atoms with E-state index in [0.717, 1.165) is 112 Å². The van der Waals surface area contributed by atoms with Gasteiger partial charge in [0.25, 0.3) is 6.71 Å². The third kappa shape index (κ3) is 12.5. The lowest BCUT2D eigenvalue weighted by atomic mass is 9.33. The Morgan fingerprint density at radius 2 is 0.437 bits per heavy atom. The van der Waals surface area contributed by atoms with Crippen molar-refractivity contribution in [3.05, 3.63) is 405 Å². The lowest BCUT2D eigenvalue weighted by Gasteiger charge is -2.47. The molecule has 0 saturated heterocycles. The van der Waals surface area contributed by atoms with Crippen LogP contribution in [0.4, 0.5) is 34.1 Å². The number of rotatable bonds is 12. The van der Waals surface area contributed by atoms with Gasteiger partial charge in [-0.1, -0.05) is 341 Å². The summed E-state index contributed by atoms with van der Waals surface area (Å²) in [6, 6.07) is 147. The molecule has 0 radical (unpaired) electrons. The van der Waals surface area contributed by atoms with Gasteiger partial charge in [-0.3, -0.25) is 0 Å². The highest BCUT2D eigenvalue weighted by Crippen LogP contribution is 2.56. The molecule has 0 spiro atoms. The van der Waals surface area contributed by atoms with Crippen molar-refractivity contribution >= 4 is 101 Å². The first-order valence-electron chi connectivity index (χ1n) is 42.0. The van der Waals surface area contributed by atoms with Crippen LogP contribution in [0.15, 0.2) is 388 Å². The van der Waals surface area contributed by atoms with Crippen LogP contribution in [-0.2, 0) is 16.2 Å².